The van der Waals surface area contributed by atoms with E-state index in [-0.39, 0.29) is 5.41 Å². The number of phenolic OH excluding ortho intramolecular Hbond substituents is 1. The third kappa shape index (κ3) is 4.59. The lowest BCUT2D eigenvalue weighted by Gasteiger charge is -2.13. The van der Waals surface area contributed by atoms with Crippen LogP contribution < -0.4 is 0 Å². The first-order valence-corrected chi connectivity index (χ1v) is 6.35. The van der Waals surface area contributed by atoms with Crippen LogP contribution in [0, 0.1) is 16.7 Å². The molecule has 16 heavy (non-hydrogen) atoms. The van der Waals surface area contributed by atoms with E-state index in [2.05, 4.69) is 6.07 Å². The molecule has 0 aliphatic carbocycles. The van der Waals surface area contributed by atoms with Gasteiger partial charge in [-0.25, -0.2) is 0 Å². The molecule has 1 aromatic rings. The quantitative estimate of drug-likeness (QED) is 0.623. The van der Waals surface area contributed by atoms with Crippen LogP contribution >= 0.6 is 11.8 Å². The predicted octanol–water partition coefficient (Wildman–Crippen LogP) is 3.81. The van der Waals surface area contributed by atoms with Crippen molar-refractivity contribution < 1.29 is 5.11 Å². The van der Waals surface area contributed by atoms with Gasteiger partial charge in [-0.3, -0.25) is 0 Å². The van der Waals surface area contributed by atoms with Gasteiger partial charge in [0, 0.05) is 4.90 Å². The number of thioether (sulfide) groups is 1. The van der Waals surface area contributed by atoms with Gasteiger partial charge in [-0.15, -0.1) is 11.8 Å². The highest BCUT2D eigenvalue weighted by molar-refractivity contribution is 7.99. The molecule has 1 rings (SSSR count). The maximum Gasteiger partial charge on any atom is 0.116 e. The van der Waals surface area contributed by atoms with Crippen LogP contribution in [0.5, 0.6) is 5.75 Å². The normalized spacial score (nSPS) is 11.1. The molecule has 0 bridgehead atoms. The predicted molar refractivity (Wildman–Crippen MR) is 67.5 cm³/mol. The highest BCUT2D eigenvalue weighted by Gasteiger charge is 2.15. The van der Waals surface area contributed by atoms with Crippen molar-refractivity contribution in [3.63, 3.8) is 0 Å². The van der Waals surface area contributed by atoms with Crippen molar-refractivity contribution in [2.24, 2.45) is 5.41 Å². The summed E-state index contributed by atoms with van der Waals surface area (Å²) in [6.45, 7) is 3.93. The zero-order chi connectivity index (χ0) is 12.0. The Balaban J connectivity index is 2.29. The zero-order valence-electron chi connectivity index (χ0n) is 9.73. The van der Waals surface area contributed by atoms with Gasteiger partial charge in [0.15, 0.2) is 0 Å². The van der Waals surface area contributed by atoms with E-state index in [1.54, 1.807) is 23.9 Å². The molecule has 0 fully saturated rings. The van der Waals surface area contributed by atoms with E-state index >= 15 is 0 Å². The maximum atomic E-state index is 9.28. The first-order valence-electron chi connectivity index (χ1n) is 5.36. The first kappa shape index (κ1) is 12.9. The summed E-state index contributed by atoms with van der Waals surface area (Å²) in [6, 6.07) is 9.56. The Hall–Kier alpha value is -1.14. The van der Waals surface area contributed by atoms with Gasteiger partial charge in [0.05, 0.1) is 11.5 Å². The Labute approximate surface area is 101 Å². The molecular formula is C13H17NOS. The highest BCUT2D eigenvalue weighted by Crippen LogP contribution is 2.26. The molecule has 1 aromatic carbocycles. The van der Waals surface area contributed by atoms with Gasteiger partial charge in [0.25, 0.3) is 0 Å². The molecule has 2 nitrogen and oxygen atoms in total. The number of phenols is 1. The molecule has 3 heteroatoms. The van der Waals surface area contributed by atoms with Crippen molar-refractivity contribution in [1.82, 2.24) is 0 Å². The van der Waals surface area contributed by atoms with Gasteiger partial charge in [-0.05, 0) is 50.6 Å². The van der Waals surface area contributed by atoms with Gasteiger partial charge in [-0.2, -0.15) is 5.26 Å². The molecule has 0 amide bonds. The second-order valence-electron chi connectivity index (χ2n) is 4.45. The van der Waals surface area contributed by atoms with Crippen molar-refractivity contribution in [2.75, 3.05) is 5.75 Å². The summed E-state index contributed by atoms with van der Waals surface area (Å²) >= 11 is 1.72. The van der Waals surface area contributed by atoms with E-state index in [9.17, 15) is 5.11 Å². The highest BCUT2D eigenvalue weighted by atomic mass is 32.2. The molecule has 0 saturated carbocycles. The maximum absolute atomic E-state index is 9.28. The molecule has 0 spiro atoms. The number of hydrogen-bond acceptors (Lipinski definition) is 3. The molecule has 0 atom stereocenters. The van der Waals surface area contributed by atoms with Crippen molar-refractivity contribution in [2.45, 2.75) is 31.6 Å². The first-order chi connectivity index (χ1) is 7.53. The summed E-state index contributed by atoms with van der Waals surface area (Å²) in [6.07, 6.45) is 1.93. The zero-order valence-corrected chi connectivity index (χ0v) is 10.5. The van der Waals surface area contributed by atoms with Crippen LogP contribution in [0.25, 0.3) is 0 Å². The summed E-state index contributed by atoms with van der Waals surface area (Å²) in [4.78, 5) is 1.08. The molecule has 0 saturated heterocycles. The average Bonchev–Trinajstić information content (AvgIpc) is 2.25. The van der Waals surface area contributed by atoms with Crippen LogP contribution in [0.2, 0.25) is 0 Å². The van der Waals surface area contributed by atoms with Crippen LogP contribution in [-0.4, -0.2) is 10.9 Å². The number of nitrogens with zero attached hydrogens (tertiary/aromatic N) is 1. The lowest BCUT2D eigenvalue weighted by atomic mass is 9.90. The lowest BCUT2D eigenvalue weighted by Crippen LogP contribution is -2.07. The molecule has 0 radical (unpaired) electrons. The van der Waals surface area contributed by atoms with E-state index in [0.717, 1.165) is 23.5 Å². The van der Waals surface area contributed by atoms with Gasteiger partial charge in [-0.1, -0.05) is 6.07 Å². The third-order valence-electron chi connectivity index (χ3n) is 2.34. The van der Waals surface area contributed by atoms with E-state index in [0.29, 0.717) is 5.75 Å². The summed E-state index contributed by atoms with van der Waals surface area (Å²) in [5.41, 5.74) is -0.223. The topological polar surface area (TPSA) is 44.0 Å². The second kappa shape index (κ2) is 5.81. The van der Waals surface area contributed by atoms with Crippen molar-refractivity contribution >= 4 is 11.8 Å². The Bertz CT molecular complexity index is 382. The molecular weight excluding hydrogens is 218 g/mol. The minimum atomic E-state index is -0.223. The number of hydrogen-bond donors (Lipinski definition) is 1. The van der Waals surface area contributed by atoms with Crippen LogP contribution in [-0.2, 0) is 0 Å². The fourth-order valence-electron chi connectivity index (χ4n) is 1.33. The van der Waals surface area contributed by atoms with Crippen LogP contribution in [0.15, 0.2) is 29.2 Å². The fraction of sp³-hybridized carbons (Fsp3) is 0.462. The minimum Gasteiger partial charge on any atom is -0.508 e. The molecule has 0 aliphatic heterocycles. The van der Waals surface area contributed by atoms with Gasteiger partial charge < -0.3 is 5.11 Å². The van der Waals surface area contributed by atoms with Gasteiger partial charge in [0.2, 0.25) is 0 Å². The van der Waals surface area contributed by atoms with Crippen LogP contribution in [0.3, 0.4) is 0 Å². The SMILES string of the molecule is CC(C)(C#N)CCCSc1cccc(O)c1. The molecule has 0 heterocycles. The number of rotatable bonds is 5. The number of nitriles is 1. The Morgan fingerprint density at radius 1 is 1.44 bits per heavy atom. The number of benzene rings is 1. The number of aromatic hydroxyl groups is 1. The summed E-state index contributed by atoms with van der Waals surface area (Å²) in [7, 11) is 0. The summed E-state index contributed by atoms with van der Waals surface area (Å²) < 4.78 is 0. The summed E-state index contributed by atoms with van der Waals surface area (Å²) in [5.74, 6) is 1.29. The lowest BCUT2D eigenvalue weighted by molar-refractivity contribution is 0.447. The van der Waals surface area contributed by atoms with E-state index < -0.39 is 0 Å². The largest absolute Gasteiger partial charge is 0.508 e. The van der Waals surface area contributed by atoms with E-state index in [1.165, 1.54) is 0 Å². The standard InChI is InChI=1S/C13H17NOS/c1-13(2,10-14)7-4-8-16-12-6-3-5-11(15)9-12/h3,5-6,9,15H,4,7-8H2,1-2H3. The molecule has 0 aliphatic rings. The van der Waals surface area contributed by atoms with Crippen LogP contribution in [0.4, 0.5) is 0 Å². The van der Waals surface area contributed by atoms with E-state index in [1.807, 2.05) is 26.0 Å². The van der Waals surface area contributed by atoms with E-state index in [4.69, 9.17) is 5.26 Å². The molecule has 0 aromatic heterocycles. The smallest absolute Gasteiger partial charge is 0.116 e. The minimum absolute atomic E-state index is 0.223. The van der Waals surface area contributed by atoms with Crippen LogP contribution in [0.1, 0.15) is 26.7 Å². The molecule has 1 N–H and O–H groups in total. The molecule has 0 unspecified atom stereocenters. The Morgan fingerprint density at radius 3 is 2.81 bits per heavy atom. The molecule has 86 valence electrons. The van der Waals surface area contributed by atoms with Gasteiger partial charge >= 0.3 is 0 Å². The fourth-order valence-corrected chi connectivity index (χ4v) is 2.24. The monoisotopic (exact) mass is 235 g/mol. The Kier molecular flexibility index (Phi) is 4.70. The average molecular weight is 235 g/mol. The van der Waals surface area contributed by atoms with Crippen molar-refractivity contribution in [3.8, 4) is 11.8 Å². The Morgan fingerprint density at radius 2 is 2.19 bits per heavy atom. The second-order valence-corrected chi connectivity index (χ2v) is 5.61. The van der Waals surface area contributed by atoms with Crippen molar-refractivity contribution in [3.05, 3.63) is 24.3 Å². The summed E-state index contributed by atoms with van der Waals surface area (Å²) in [5, 5.41) is 18.1. The third-order valence-corrected chi connectivity index (χ3v) is 3.42. The van der Waals surface area contributed by atoms with Crippen molar-refractivity contribution in [1.29, 1.82) is 5.26 Å². The van der Waals surface area contributed by atoms with Gasteiger partial charge in [0.1, 0.15) is 5.75 Å².